The quantitative estimate of drug-likeness (QED) is 0.234. The molecule has 0 spiro atoms. The van der Waals surface area contributed by atoms with Crippen LogP contribution >= 0.6 is 0 Å². The van der Waals surface area contributed by atoms with E-state index in [1.165, 1.54) is 21.9 Å². The third-order valence-corrected chi connectivity index (χ3v) is 7.86. The van der Waals surface area contributed by atoms with Gasteiger partial charge in [-0.1, -0.05) is 31.4 Å². The summed E-state index contributed by atoms with van der Waals surface area (Å²) >= 11 is 0. The van der Waals surface area contributed by atoms with Crippen molar-refractivity contribution in [3.8, 4) is 28.7 Å². The number of nitrogens with one attached hydrogen (secondary N) is 2. The van der Waals surface area contributed by atoms with Crippen LogP contribution in [0.4, 0.5) is 5.69 Å². The van der Waals surface area contributed by atoms with Crippen LogP contribution in [0.25, 0.3) is 0 Å². The number of carbonyl (C=O) groups excluding carboxylic acids is 1. The van der Waals surface area contributed by atoms with Gasteiger partial charge in [0.15, 0.2) is 29.0 Å². The number of carbonyl (C=O) groups is 1. The molecule has 0 amide bonds. The zero-order valence-corrected chi connectivity index (χ0v) is 26.0. The molecule has 1 aliphatic carbocycles. The highest BCUT2D eigenvalue weighted by molar-refractivity contribution is 5.72. The van der Waals surface area contributed by atoms with Crippen molar-refractivity contribution in [1.82, 2.24) is 0 Å². The molecule has 2 N–H and O–H groups in total. The predicted octanol–water partition coefficient (Wildman–Crippen LogP) is -4.29. The van der Waals surface area contributed by atoms with Gasteiger partial charge in [-0.2, -0.15) is 0 Å². The maximum atomic E-state index is 13.1. The molecule has 2 aliphatic rings. The zero-order chi connectivity index (χ0) is 27.6. The van der Waals surface area contributed by atoms with Gasteiger partial charge in [-0.25, -0.2) is 0 Å². The molecule has 1 saturated carbocycles. The second-order valence-corrected chi connectivity index (χ2v) is 10.3. The molecule has 1 saturated heterocycles. The molecule has 2 fully saturated rings. The van der Waals surface area contributed by atoms with E-state index in [9.17, 15) is 4.79 Å². The Labute approximate surface area is 256 Å². The van der Waals surface area contributed by atoms with Gasteiger partial charge < -0.3 is 58.1 Å². The zero-order valence-electron chi connectivity index (χ0n) is 24.5. The van der Waals surface area contributed by atoms with Crippen LogP contribution in [0.1, 0.15) is 32.1 Å². The number of hydrogen-bond acceptors (Lipinski definition) is 7. The van der Waals surface area contributed by atoms with Gasteiger partial charge in [0.05, 0.1) is 34.4 Å². The lowest BCUT2D eigenvalue weighted by molar-refractivity contribution is -0.987. The highest BCUT2D eigenvalue weighted by Gasteiger charge is 2.32. The number of ether oxygens (including phenoxy) is 6. The Bertz CT molecular complexity index is 1050. The molecule has 41 heavy (non-hydrogen) atoms. The molecule has 4 rings (SSSR count). The number of piperazine rings is 1. The SMILES string of the molecule is COc1ccccc1[NH+]1CC[NH+](CC(COc2cc(OC)c(OC)c(OC)c2)OC(=O)C2CCCCC2)CC1.[Cl-].[Cl-]. The first-order valence-corrected chi connectivity index (χ1v) is 14.0. The maximum absolute atomic E-state index is 13.1. The molecule has 0 aromatic heterocycles. The fourth-order valence-electron chi connectivity index (χ4n) is 5.70. The fraction of sp³-hybridized carbons (Fsp3) is 0.567. The van der Waals surface area contributed by atoms with E-state index in [-0.39, 0.29) is 49.4 Å². The summed E-state index contributed by atoms with van der Waals surface area (Å²) in [6.07, 6.45) is 4.83. The number of esters is 1. The molecular weight excluding hydrogens is 571 g/mol. The summed E-state index contributed by atoms with van der Waals surface area (Å²) < 4.78 is 34.2. The summed E-state index contributed by atoms with van der Waals surface area (Å²) in [5, 5.41) is 0. The number of para-hydroxylation sites is 2. The first-order valence-electron chi connectivity index (χ1n) is 14.0. The van der Waals surface area contributed by atoms with Gasteiger partial charge >= 0.3 is 5.97 Å². The summed E-state index contributed by atoms with van der Waals surface area (Å²) in [5.74, 6) is 2.94. The lowest BCUT2D eigenvalue weighted by atomic mass is 9.89. The Morgan fingerprint density at radius 3 is 2.02 bits per heavy atom. The van der Waals surface area contributed by atoms with Gasteiger partial charge in [0.2, 0.25) is 5.75 Å². The van der Waals surface area contributed by atoms with E-state index in [0.29, 0.717) is 29.5 Å². The Morgan fingerprint density at radius 2 is 1.44 bits per heavy atom. The maximum Gasteiger partial charge on any atom is 0.309 e. The molecule has 0 bridgehead atoms. The Kier molecular flexibility index (Phi) is 14.7. The lowest BCUT2D eigenvalue weighted by Gasteiger charge is -2.32. The van der Waals surface area contributed by atoms with Gasteiger partial charge in [0.1, 0.15) is 45.1 Å². The third kappa shape index (κ3) is 9.20. The molecule has 1 atom stereocenters. The van der Waals surface area contributed by atoms with E-state index >= 15 is 0 Å². The average Bonchev–Trinajstić information content (AvgIpc) is 2.99. The predicted molar refractivity (Wildman–Crippen MR) is 147 cm³/mol. The Hall–Kier alpha value is -2.59. The minimum Gasteiger partial charge on any atom is -1.00 e. The van der Waals surface area contributed by atoms with Crippen LogP contribution in [0.15, 0.2) is 36.4 Å². The monoisotopic (exact) mass is 614 g/mol. The van der Waals surface area contributed by atoms with Crippen LogP contribution in [0.3, 0.4) is 0 Å². The second-order valence-electron chi connectivity index (χ2n) is 10.3. The van der Waals surface area contributed by atoms with E-state index in [2.05, 4.69) is 12.1 Å². The summed E-state index contributed by atoms with van der Waals surface area (Å²) in [6, 6.07) is 11.8. The molecule has 230 valence electrons. The summed E-state index contributed by atoms with van der Waals surface area (Å²) in [6.45, 7) is 4.84. The van der Waals surface area contributed by atoms with Gasteiger partial charge in [0.25, 0.3) is 0 Å². The highest BCUT2D eigenvalue weighted by Crippen LogP contribution is 2.40. The van der Waals surface area contributed by atoms with Crippen molar-refractivity contribution in [2.75, 3.05) is 67.8 Å². The van der Waals surface area contributed by atoms with Crippen LogP contribution in [0, 0.1) is 5.92 Å². The minimum absolute atomic E-state index is 0. The van der Waals surface area contributed by atoms with Crippen molar-refractivity contribution in [3.05, 3.63) is 36.4 Å². The normalized spacial score (nSPS) is 19.5. The number of rotatable bonds is 12. The topological polar surface area (TPSA) is 81.3 Å². The first-order chi connectivity index (χ1) is 19.1. The van der Waals surface area contributed by atoms with Gasteiger partial charge in [0, 0.05) is 18.2 Å². The minimum atomic E-state index is -0.360. The number of hydrogen-bond donors (Lipinski definition) is 2. The number of quaternary nitrogens is 2. The van der Waals surface area contributed by atoms with Gasteiger partial charge in [-0.05, 0) is 18.9 Å². The van der Waals surface area contributed by atoms with E-state index in [1.807, 2.05) is 12.1 Å². The highest BCUT2D eigenvalue weighted by atomic mass is 35.5. The Balaban J connectivity index is 0.00000294. The van der Waals surface area contributed by atoms with E-state index in [4.69, 9.17) is 28.4 Å². The Morgan fingerprint density at radius 1 is 0.829 bits per heavy atom. The van der Waals surface area contributed by atoms with Crippen LogP contribution in [0.2, 0.25) is 0 Å². The van der Waals surface area contributed by atoms with Crippen LogP contribution in [0.5, 0.6) is 28.7 Å². The molecule has 1 unspecified atom stereocenters. The molecule has 1 aliphatic heterocycles. The van der Waals surface area contributed by atoms with Gasteiger partial charge in [-0.3, -0.25) is 9.69 Å². The number of methoxy groups -OCH3 is 4. The van der Waals surface area contributed by atoms with Crippen molar-refractivity contribution in [2.45, 2.75) is 38.2 Å². The summed E-state index contributed by atoms with van der Waals surface area (Å²) in [7, 11) is 6.44. The van der Waals surface area contributed by atoms with E-state index in [0.717, 1.165) is 57.6 Å². The molecule has 0 radical (unpaired) electrons. The van der Waals surface area contributed by atoms with Crippen molar-refractivity contribution in [1.29, 1.82) is 0 Å². The molecule has 9 nitrogen and oxygen atoms in total. The van der Waals surface area contributed by atoms with Crippen LogP contribution < -0.4 is 58.3 Å². The second kappa shape index (κ2) is 17.4. The van der Waals surface area contributed by atoms with E-state index in [1.54, 1.807) is 40.6 Å². The average molecular weight is 616 g/mol. The largest absolute Gasteiger partial charge is 1.00 e. The van der Waals surface area contributed by atoms with Crippen molar-refractivity contribution < 1.29 is 67.8 Å². The van der Waals surface area contributed by atoms with Crippen LogP contribution in [-0.2, 0) is 9.53 Å². The molecule has 2 aromatic rings. The summed E-state index contributed by atoms with van der Waals surface area (Å²) in [4.78, 5) is 15.9. The van der Waals surface area contributed by atoms with Crippen molar-refractivity contribution in [3.63, 3.8) is 0 Å². The van der Waals surface area contributed by atoms with Crippen LogP contribution in [-0.4, -0.2) is 79.8 Å². The smallest absolute Gasteiger partial charge is 0.309 e. The van der Waals surface area contributed by atoms with Gasteiger partial charge in [-0.15, -0.1) is 0 Å². The van der Waals surface area contributed by atoms with Crippen molar-refractivity contribution >= 4 is 11.7 Å². The molecular formula is C30H44Cl2N2O7. The van der Waals surface area contributed by atoms with Crippen molar-refractivity contribution in [2.24, 2.45) is 5.92 Å². The lowest BCUT2D eigenvalue weighted by Crippen LogP contribution is -3.26. The summed E-state index contributed by atoms with van der Waals surface area (Å²) in [5.41, 5.74) is 1.20. The molecule has 1 heterocycles. The molecule has 11 heteroatoms. The number of halogens is 2. The molecule has 2 aromatic carbocycles. The third-order valence-electron chi connectivity index (χ3n) is 7.86. The first kappa shape index (κ1) is 34.6. The fourth-order valence-corrected chi connectivity index (χ4v) is 5.70. The van der Waals surface area contributed by atoms with E-state index < -0.39 is 0 Å². The standard InChI is InChI=1S/C30H42N2O7.2ClH/c1-34-26-13-9-8-12-25(26)32-16-14-31(15-17-32)20-24(39-30(33)22-10-6-5-7-11-22)21-38-23-18-27(35-2)29(37-4)28(19-23)36-3;;/h8-9,12-13,18-19,22,24H,5-7,10-11,14-17,20-21H2,1-4H3;2*1H. The number of benzene rings is 2.